The summed E-state index contributed by atoms with van der Waals surface area (Å²) >= 11 is 0. The predicted molar refractivity (Wildman–Crippen MR) is 88.0 cm³/mol. The van der Waals surface area contributed by atoms with Gasteiger partial charge in [0.05, 0.1) is 11.4 Å². The monoisotopic (exact) mass is 290 g/mol. The third-order valence-corrected chi connectivity index (χ3v) is 3.56. The van der Waals surface area contributed by atoms with Crippen molar-refractivity contribution in [1.82, 2.24) is 4.98 Å². The number of nitrogens with zero attached hydrogens (tertiary/aromatic N) is 1. The highest BCUT2D eigenvalue weighted by Crippen LogP contribution is 2.28. The third-order valence-electron chi connectivity index (χ3n) is 3.56. The Morgan fingerprint density at radius 3 is 2.23 bits per heavy atom. The summed E-state index contributed by atoms with van der Waals surface area (Å²) < 4.78 is 13.1. The topological polar surface area (TPSA) is 12.9 Å². The number of hydrogen-bond acceptors (Lipinski definition) is 1. The van der Waals surface area contributed by atoms with Gasteiger partial charge in [-0.2, -0.15) is 0 Å². The number of hydrogen-bond donors (Lipinski definition) is 0. The number of rotatable bonds is 3. The largest absolute Gasteiger partial charge is 0.252 e. The molecule has 3 aromatic rings. The molecule has 0 saturated heterocycles. The van der Waals surface area contributed by atoms with E-state index in [9.17, 15) is 4.39 Å². The summed E-state index contributed by atoms with van der Waals surface area (Å²) in [6.07, 6.45) is 0. The number of aromatic nitrogens is 1. The van der Waals surface area contributed by atoms with Crippen LogP contribution in [0.4, 0.5) is 4.39 Å². The summed E-state index contributed by atoms with van der Waals surface area (Å²) in [6.45, 7) is 4.20. The molecule has 1 aromatic heterocycles. The lowest BCUT2D eigenvalue weighted by atomic mass is 9.99. The van der Waals surface area contributed by atoms with Crippen molar-refractivity contribution in [3.63, 3.8) is 0 Å². The first kappa shape index (κ1) is 14.5. The highest BCUT2D eigenvalue weighted by molar-refractivity contribution is 5.70. The fraction of sp³-hybridized carbons (Fsp3) is 0.150. The van der Waals surface area contributed by atoms with E-state index in [-0.39, 0.29) is 11.7 Å². The lowest BCUT2D eigenvalue weighted by Crippen LogP contribution is -1.97. The van der Waals surface area contributed by atoms with Crippen LogP contribution in [0.1, 0.15) is 25.5 Å². The predicted octanol–water partition coefficient (Wildman–Crippen LogP) is 5.48. The van der Waals surface area contributed by atoms with Crippen LogP contribution in [-0.4, -0.2) is 4.98 Å². The molecule has 22 heavy (non-hydrogen) atoms. The second-order valence-corrected chi connectivity index (χ2v) is 5.59. The van der Waals surface area contributed by atoms with E-state index in [1.807, 2.05) is 36.4 Å². The van der Waals surface area contributed by atoms with E-state index in [1.54, 1.807) is 12.1 Å². The Kier molecular flexibility index (Phi) is 4.01. The standard InChI is InChI=1S/C20H17FN/c1-14(2)19-12-17(15-8-10-18(21)11-9-15)13-20(22-19)16-6-4-3-5-7-16/h3-11,13-14H,1-2H3. The highest BCUT2D eigenvalue weighted by atomic mass is 19.1. The third kappa shape index (κ3) is 3.06. The van der Waals surface area contributed by atoms with Gasteiger partial charge in [-0.1, -0.05) is 56.3 Å². The van der Waals surface area contributed by atoms with E-state index in [1.165, 1.54) is 12.1 Å². The molecule has 2 aromatic carbocycles. The van der Waals surface area contributed by atoms with Crippen molar-refractivity contribution < 1.29 is 4.39 Å². The Hall–Kier alpha value is -2.48. The van der Waals surface area contributed by atoms with E-state index in [2.05, 4.69) is 19.9 Å². The minimum atomic E-state index is -0.231. The highest BCUT2D eigenvalue weighted by Gasteiger charge is 2.10. The van der Waals surface area contributed by atoms with Gasteiger partial charge in [-0.3, -0.25) is 4.98 Å². The Balaban J connectivity index is 2.14. The molecule has 0 spiro atoms. The van der Waals surface area contributed by atoms with Crippen LogP contribution in [0.2, 0.25) is 0 Å². The van der Waals surface area contributed by atoms with Gasteiger partial charge in [-0.15, -0.1) is 0 Å². The molecule has 0 aliphatic carbocycles. The molecular formula is C20H17FN. The molecule has 0 unspecified atom stereocenters. The molecule has 0 aliphatic heterocycles. The summed E-state index contributed by atoms with van der Waals surface area (Å²) in [7, 11) is 0. The molecule has 1 heterocycles. The quantitative estimate of drug-likeness (QED) is 0.622. The Morgan fingerprint density at radius 1 is 0.909 bits per heavy atom. The second kappa shape index (κ2) is 6.10. The molecular weight excluding hydrogens is 273 g/mol. The average Bonchev–Trinajstić information content (AvgIpc) is 2.56. The van der Waals surface area contributed by atoms with Gasteiger partial charge in [0.15, 0.2) is 0 Å². The zero-order valence-corrected chi connectivity index (χ0v) is 12.7. The zero-order chi connectivity index (χ0) is 15.5. The number of benzene rings is 2. The first-order valence-electron chi connectivity index (χ1n) is 7.39. The van der Waals surface area contributed by atoms with Crippen LogP contribution in [0.3, 0.4) is 0 Å². The molecule has 0 amide bonds. The van der Waals surface area contributed by atoms with E-state index in [0.717, 1.165) is 28.1 Å². The lowest BCUT2D eigenvalue weighted by molar-refractivity contribution is 0.628. The van der Waals surface area contributed by atoms with Crippen molar-refractivity contribution in [3.8, 4) is 22.4 Å². The summed E-state index contributed by atoms with van der Waals surface area (Å²) in [4.78, 5) is 4.72. The summed E-state index contributed by atoms with van der Waals surface area (Å²) in [5, 5.41) is 0. The summed E-state index contributed by atoms with van der Waals surface area (Å²) in [5.74, 6) is 0.0491. The minimum Gasteiger partial charge on any atom is -0.252 e. The van der Waals surface area contributed by atoms with Crippen LogP contribution >= 0.6 is 0 Å². The summed E-state index contributed by atoms with van der Waals surface area (Å²) in [5.41, 5.74) is 4.80. The molecule has 3 rings (SSSR count). The first-order valence-corrected chi connectivity index (χ1v) is 7.39. The van der Waals surface area contributed by atoms with Crippen LogP contribution in [0, 0.1) is 11.9 Å². The second-order valence-electron chi connectivity index (χ2n) is 5.59. The van der Waals surface area contributed by atoms with Gasteiger partial charge in [0.1, 0.15) is 5.82 Å². The Bertz CT molecular complexity index is 761. The van der Waals surface area contributed by atoms with Gasteiger partial charge in [-0.25, -0.2) is 4.39 Å². The van der Waals surface area contributed by atoms with Crippen LogP contribution in [0.5, 0.6) is 0 Å². The minimum absolute atomic E-state index is 0.231. The van der Waals surface area contributed by atoms with E-state index < -0.39 is 0 Å². The van der Waals surface area contributed by atoms with Crippen LogP contribution < -0.4 is 0 Å². The van der Waals surface area contributed by atoms with Crippen molar-refractivity contribution in [3.05, 3.63) is 78.2 Å². The fourth-order valence-electron chi connectivity index (χ4n) is 2.32. The maximum atomic E-state index is 13.1. The molecule has 1 radical (unpaired) electrons. The van der Waals surface area contributed by atoms with Gasteiger partial charge >= 0.3 is 0 Å². The van der Waals surface area contributed by atoms with Gasteiger partial charge in [-0.05, 0) is 35.2 Å². The normalized spacial score (nSPS) is 10.9. The van der Waals surface area contributed by atoms with Crippen molar-refractivity contribution in [2.24, 2.45) is 0 Å². The van der Waals surface area contributed by atoms with E-state index in [0.29, 0.717) is 0 Å². The molecule has 0 aliphatic rings. The maximum absolute atomic E-state index is 13.1. The van der Waals surface area contributed by atoms with Crippen molar-refractivity contribution in [1.29, 1.82) is 0 Å². The zero-order valence-electron chi connectivity index (χ0n) is 12.7. The van der Waals surface area contributed by atoms with Crippen molar-refractivity contribution in [2.75, 3.05) is 0 Å². The van der Waals surface area contributed by atoms with Crippen molar-refractivity contribution >= 4 is 0 Å². The van der Waals surface area contributed by atoms with Crippen LogP contribution in [0.15, 0.2) is 60.7 Å². The Labute approximate surface area is 130 Å². The fourth-order valence-corrected chi connectivity index (χ4v) is 2.32. The molecule has 0 saturated carbocycles. The van der Waals surface area contributed by atoms with Gasteiger partial charge in [0.25, 0.3) is 0 Å². The van der Waals surface area contributed by atoms with Crippen molar-refractivity contribution in [2.45, 2.75) is 19.8 Å². The Morgan fingerprint density at radius 2 is 1.59 bits per heavy atom. The number of halogens is 1. The smallest absolute Gasteiger partial charge is 0.123 e. The van der Waals surface area contributed by atoms with Crippen LogP contribution in [-0.2, 0) is 0 Å². The lowest BCUT2D eigenvalue weighted by Gasteiger charge is -2.11. The molecule has 1 nitrogen and oxygen atoms in total. The molecule has 0 bridgehead atoms. The van der Waals surface area contributed by atoms with Gasteiger partial charge in [0.2, 0.25) is 0 Å². The first-order chi connectivity index (χ1) is 10.6. The molecule has 109 valence electrons. The van der Waals surface area contributed by atoms with Crippen LogP contribution in [0.25, 0.3) is 22.4 Å². The molecule has 0 N–H and O–H groups in total. The SMILES string of the molecule is CC(C)c1[c]c(-c2ccc(F)cc2)cc(-c2ccccc2)n1. The maximum Gasteiger partial charge on any atom is 0.123 e. The van der Waals surface area contributed by atoms with E-state index >= 15 is 0 Å². The van der Waals surface area contributed by atoms with Gasteiger partial charge < -0.3 is 0 Å². The summed E-state index contributed by atoms with van der Waals surface area (Å²) in [6, 6.07) is 21.9. The average molecular weight is 290 g/mol. The molecule has 2 heteroatoms. The molecule has 0 atom stereocenters. The number of pyridine rings is 1. The van der Waals surface area contributed by atoms with Gasteiger partial charge in [0, 0.05) is 11.6 Å². The molecule has 0 fully saturated rings. The van der Waals surface area contributed by atoms with E-state index in [4.69, 9.17) is 4.98 Å².